The zero-order valence-electron chi connectivity index (χ0n) is 10.5. The lowest BCUT2D eigenvalue weighted by Crippen LogP contribution is -2.44. The van der Waals surface area contributed by atoms with E-state index in [1.807, 2.05) is 6.07 Å². The van der Waals surface area contributed by atoms with Crippen molar-refractivity contribution in [2.45, 2.75) is 6.42 Å². The van der Waals surface area contributed by atoms with Crippen molar-refractivity contribution >= 4 is 5.95 Å². The highest BCUT2D eigenvalue weighted by Gasteiger charge is 2.12. The summed E-state index contributed by atoms with van der Waals surface area (Å²) in [4.78, 5) is 13.2. The van der Waals surface area contributed by atoms with Crippen LogP contribution in [0.1, 0.15) is 6.42 Å². The van der Waals surface area contributed by atoms with Gasteiger partial charge in [0, 0.05) is 45.1 Å². The summed E-state index contributed by atoms with van der Waals surface area (Å²) in [6.07, 6.45) is 4.66. The monoisotopic (exact) mass is 235 g/mol. The van der Waals surface area contributed by atoms with Gasteiger partial charge in [-0.25, -0.2) is 9.97 Å². The second-order valence-corrected chi connectivity index (χ2v) is 4.50. The zero-order valence-corrected chi connectivity index (χ0v) is 10.5. The van der Waals surface area contributed by atoms with Crippen molar-refractivity contribution in [2.75, 3.05) is 51.6 Å². The van der Waals surface area contributed by atoms with Crippen molar-refractivity contribution in [3.05, 3.63) is 18.5 Å². The topological polar surface area (TPSA) is 44.3 Å². The molecule has 0 atom stereocenters. The molecule has 1 aromatic heterocycles. The maximum absolute atomic E-state index is 4.13. The molecule has 1 saturated heterocycles. The van der Waals surface area contributed by atoms with Crippen LogP contribution in [0, 0.1) is 0 Å². The quantitative estimate of drug-likeness (QED) is 0.754. The molecular formula is C12H21N5. The van der Waals surface area contributed by atoms with Crippen molar-refractivity contribution in [3.8, 4) is 0 Å². The van der Waals surface area contributed by atoms with Gasteiger partial charge in [-0.1, -0.05) is 0 Å². The van der Waals surface area contributed by atoms with Gasteiger partial charge in [0.2, 0.25) is 5.95 Å². The van der Waals surface area contributed by atoms with E-state index in [1.165, 1.54) is 26.2 Å². The van der Waals surface area contributed by atoms with Gasteiger partial charge >= 0.3 is 0 Å². The molecule has 2 rings (SSSR count). The number of hydrogen-bond donors (Lipinski definition) is 1. The van der Waals surface area contributed by atoms with E-state index in [2.05, 4.69) is 32.1 Å². The van der Waals surface area contributed by atoms with Crippen LogP contribution in [0.2, 0.25) is 0 Å². The normalized spacial score (nSPS) is 18.2. The molecule has 5 nitrogen and oxygen atoms in total. The van der Waals surface area contributed by atoms with E-state index >= 15 is 0 Å². The lowest BCUT2D eigenvalue weighted by atomic mass is 10.3. The third kappa shape index (κ3) is 4.28. The minimum atomic E-state index is 0.728. The van der Waals surface area contributed by atoms with Gasteiger partial charge in [0.1, 0.15) is 0 Å². The van der Waals surface area contributed by atoms with Crippen LogP contribution in [0.5, 0.6) is 0 Å². The minimum absolute atomic E-state index is 0.728. The predicted octanol–water partition coefficient (Wildman–Crippen LogP) is 0.526. The van der Waals surface area contributed by atoms with Gasteiger partial charge in [-0.2, -0.15) is 0 Å². The Balaban J connectivity index is 1.57. The first-order valence-corrected chi connectivity index (χ1v) is 6.26. The summed E-state index contributed by atoms with van der Waals surface area (Å²) in [6, 6.07) is 1.83. The van der Waals surface area contributed by atoms with E-state index < -0.39 is 0 Å². The number of likely N-dealkylation sites (N-methyl/N-ethyl adjacent to an activating group) is 1. The van der Waals surface area contributed by atoms with Gasteiger partial charge in [0.25, 0.3) is 0 Å². The number of nitrogens with one attached hydrogen (secondary N) is 1. The molecule has 0 bridgehead atoms. The van der Waals surface area contributed by atoms with Crippen molar-refractivity contribution in [2.24, 2.45) is 0 Å². The van der Waals surface area contributed by atoms with Crippen LogP contribution in [0.25, 0.3) is 0 Å². The lowest BCUT2D eigenvalue weighted by Gasteiger charge is -2.32. The Kier molecular flexibility index (Phi) is 4.70. The predicted molar refractivity (Wildman–Crippen MR) is 69.1 cm³/mol. The first kappa shape index (κ1) is 12.3. The first-order valence-electron chi connectivity index (χ1n) is 6.26. The Bertz CT molecular complexity index is 308. The third-order valence-corrected chi connectivity index (χ3v) is 3.10. The summed E-state index contributed by atoms with van der Waals surface area (Å²) in [7, 11) is 2.19. The van der Waals surface area contributed by atoms with E-state index in [9.17, 15) is 0 Å². The second kappa shape index (κ2) is 6.51. The van der Waals surface area contributed by atoms with Crippen molar-refractivity contribution in [3.63, 3.8) is 0 Å². The second-order valence-electron chi connectivity index (χ2n) is 4.50. The van der Waals surface area contributed by atoms with Gasteiger partial charge in [-0.05, 0) is 26.1 Å². The average molecular weight is 235 g/mol. The maximum Gasteiger partial charge on any atom is 0.222 e. The number of anilines is 1. The molecule has 2 heterocycles. The van der Waals surface area contributed by atoms with Crippen LogP contribution in [0.15, 0.2) is 18.5 Å². The summed E-state index contributed by atoms with van der Waals surface area (Å²) < 4.78 is 0. The van der Waals surface area contributed by atoms with E-state index in [4.69, 9.17) is 0 Å². The Hall–Kier alpha value is -1.20. The van der Waals surface area contributed by atoms with Crippen LogP contribution in [0.3, 0.4) is 0 Å². The van der Waals surface area contributed by atoms with Gasteiger partial charge in [0.05, 0.1) is 0 Å². The molecule has 0 unspecified atom stereocenters. The molecule has 1 fully saturated rings. The van der Waals surface area contributed by atoms with Gasteiger partial charge in [-0.15, -0.1) is 0 Å². The molecule has 5 heteroatoms. The number of rotatable bonds is 5. The number of piperazine rings is 1. The fourth-order valence-corrected chi connectivity index (χ4v) is 1.96. The zero-order chi connectivity index (χ0) is 11.9. The first-order chi connectivity index (χ1) is 8.34. The van der Waals surface area contributed by atoms with Gasteiger partial charge in [0.15, 0.2) is 0 Å². The molecule has 0 aliphatic carbocycles. The molecule has 1 N–H and O–H groups in total. The van der Waals surface area contributed by atoms with Crippen molar-refractivity contribution < 1.29 is 0 Å². The molecule has 1 aliphatic rings. The molecule has 0 radical (unpaired) electrons. The molecule has 0 spiro atoms. The highest BCUT2D eigenvalue weighted by Crippen LogP contribution is 2.00. The van der Waals surface area contributed by atoms with E-state index in [0.29, 0.717) is 0 Å². The molecule has 17 heavy (non-hydrogen) atoms. The van der Waals surface area contributed by atoms with Crippen molar-refractivity contribution in [1.29, 1.82) is 0 Å². The standard InChI is InChI=1S/C12H21N5/c1-16-8-10-17(11-9-16)7-3-6-15-12-13-4-2-5-14-12/h2,4-5H,3,6-11H2,1H3,(H,13,14,15). The van der Waals surface area contributed by atoms with Crippen LogP contribution in [0.4, 0.5) is 5.95 Å². The molecule has 1 aliphatic heterocycles. The van der Waals surface area contributed by atoms with Gasteiger partial charge < -0.3 is 15.1 Å². The van der Waals surface area contributed by atoms with Crippen LogP contribution >= 0.6 is 0 Å². The van der Waals surface area contributed by atoms with E-state index in [-0.39, 0.29) is 0 Å². The fraction of sp³-hybridized carbons (Fsp3) is 0.667. The van der Waals surface area contributed by atoms with Crippen LogP contribution in [-0.4, -0.2) is 66.1 Å². The molecule has 0 aromatic carbocycles. The Labute approximate surface area is 103 Å². The number of aromatic nitrogens is 2. The van der Waals surface area contributed by atoms with Crippen LogP contribution in [-0.2, 0) is 0 Å². The summed E-state index contributed by atoms with van der Waals surface area (Å²) in [5.74, 6) is 0.728. The Morgan fingerprint density at radius 1 is 1.18 bits per heavy atom. The lowest BCUT2D eigenvalue weighted by molar-refractivity contribution is 0.154. The summed E-state index contributed by atoms with van der Waals surface area (Å²) in [5.41, 5.74) is 0. The van der Waals surface area contributed by atoms with Crippen LogP contribution < -0.4 is 5.32 Å². The number of nitrogens with zero attached hydrogens (tertiary/aromatic N) is 4. The summed E-state index contributed by atoms with van der Waals surface area (Å²) in [5, 5.41) is 3.23. The highest BCUT2D eigenvalue weighted by atomic mass is 15.2. The summed E-state index contributed by atoms with van der Waals surface area (Å²) >= 11 is 0. The largest absolute Gasteiger partial charge is 0.354 e. The van der Waals surface area contributed by atoms with E-state index in [0.717, 1.165) is 25.5 Å². The molecule has 1 aromatic rings. The molecule has 94 valence electrons. The Morgan fingerprint density at radius 3 is 2.59 bits per heavy atom. The molecule has 0 amide bonds. The average Bonchev–Trinajstić information content (AvgIpc) is 2.38. The molecular weight excluding hydrogens is 214 g/mol. The third-order valence-electron chi connectivity index (χ3n) is 3.10. The highest BCUT2D eigenvalue weighted by molar-refractivity contribution is 5.21. The van der Waals surface area contributed by atoms with E-state index in [1.54, 1.807) is 12.4 Å². The fourth-order valence-electron chi connectivity index (χ4n) is 1.96. The minimum Gasteiger partial charge on any atom is -0.354 e. The number of hydrogen-bond acceptors (Lipinski definition) is 5. The maximum atomic E-state index is 4.13. The van der Waals surface area contributed by atoms with Gasteiger partial charge in [-0.3, -0.25) is 0 Å². The summed E-state index contributed by atoms with van der Waals surface area (Å²) in [6.45, 7) is 6.87. The Morgan fingerprint density at radius 2 is 1.88 bits per heavy atom. The molecule has 0 saturated carbocycles. The smallest absolute Gasteiger partial charge is 0.222 e. The SMILES string of the molecule is CN1CCN(CCCNc2ncccn2)CC1. The van der Waals surface area contributed by atoms with Crippen molar-refractivity contribution in [1.82, 2.24) is 19.8 Å².